The molecular formula is C19H16ClN5O4. The number of primary amides is 1. The van der Waals surface area contributed by atoms with Gasteiger partial charge in [0.15, 0.2) is 5.69 Å². The Balaban J connectivity index is 1.74. The maximum absolute atomic E-state index is 12.6. The number of aromatic nitrogens is 2. The molecule has 1 aromatic heterocycles. The topological polar surface area (TPSA) is 141 Å². The van der Waals surface area contributed by atoms with E-state index >= 15 is 0 Å². The van der Waals surface area contributed by atoms with Crippen LogP contribution in [-0.4, -0.2) is 39.8 Å². The minimum absolute atomic E-state index is 0.0417. The molecule has 3 amide bonds. The molecule has 0 aliphatic heterocycles. The van der Waals surface area contributed by atoms with Crippen LogP contribution in [0.1, 0.15) is 31.3 Å². The van der Waals surface area contributed by atoms with Crippen LogP contribution in [0.15, 0.2) is 48.8 Å². The highest BCUT2D eigenvalue weighted by Crippen LogP contribution is 2.24. The third-order valence-corrected chi connectivity index (χ3v) is 4.42. The molecule has 10 heteroatoms. The number of H-pyrrole nitrogens is 1. The Morgan fingerprint density at radius 3 is 2.48 bits per heavy atom. The highest BCUT2D eigenvalue weighted by atomic mass is 35.5. The third kappa shape index (κ3) is 4.19. The maximum Gasteiger partial charge on any atom is 0.279 e. The number of carbonyl (C=O) groups excluding carboxylic acids is 3. The molecule has 5 N–H and O–H groups in total. The molecule has 0 aliphatic carbocycles. The largest absolute Gasteiger partial charge is 0.508 e. The second-order valence-corrected chi connectivity index (χ2v) is 6.43. The molecule has 0 radical (unpaired) electrons. The number of imidazole rings is 1. The number of halogens is 1. The Labute approximate surface area is 170 Å². The van der Waals surface area contributed by atoms with Gasteiger partial charge in [0.1, 0.15) is 11.4 Å². The molecule has 148 valence electrons. The van der Waals surface area contributed by atoms with Crippen molar-refractivity contribution in [1.82, 2.24) is 9.97 Å². The van der Waals surface area contributed by atoms with Crippen LogP contribution in [-0.2, 0) is 0 Å². The van der Waals surface area contributed by atoms with Crippen molar-refractivity contribution in [3.8, 4) is 5.75 Å². The van der Waals surface area contributed by atoms with Crippen molar-refractivity contribution in [3.05, 3.63) is 70.8 Å². The van der Waals surface area contributed by atoms with Crippen LogP contribution in [0.2, 0.25) is 5.02 Å². The monoisotopic (exact) mass is 413 g/mol. The van der Waals surface area contributed by atoms with Gasteiger partial charge in [0.25, 0.3) is 17.7 Å². The highest BCUT2D eigenvalue weighted by Gasteiger charge is 2.22. The molecule has 2 aromatic carbocycles. The van der Waals surface area contributed by atoms with Crippen molar-refractivity contribution in [1.29, 1.82) is 0 Å². The number of aromatic hydroxyl groups is 1. The number of carbonyl (C=O) groups is 3. The second kappa shape index (κ2) is 8.03. The van der Waals surface area contributed by atoms with Gasteiger partial charge in [0, 0.05) is 18.4 Å². The fourth-order valence-electron chi connectivity index (χ4n) is 2.58. The minimum Gasteiger partial charge on any atom is -0.508 e. The second-order valence-electron chi connectivity index (χ2n) is 6.02. The smallest absolute Gasteiger partial charge is 0.279 e. The summed E-state index contributed by atoms with van der Waals surface area (Å²) in [5.74, 6) is -1.80. The summed E-state index contributed by atoms with van der Waals surface area (Å²) < 4.78 is 0. The summed E-state index contributed by atoms with van der Waals surface area (Å²) in [4.78, 5) is 44.0. The summed E-state index contributed by atoms with van der Waals surface area (Å²) in [6, 6.07) is 10.5. The van der Waals surface area contributed by atoms with Gasteiger partial charge in [0.05, 0.1) is 16.9 Å². The van der Waals surface area contributed by atoms with Crippen molar-refractivity contribution >= 4 is 40.7 Å². The summed E-state index contributed by atoms with van der Waals surface area (Å²) in [5, 5.41) is 12.2. The zero-order valence-corrected chi connectivity index (χ0v) is 15.9. The molecule has 0 saturated heterocycles. The number of nitrogens with zero attached hydrogens (tertiary/aromatic N) is 2. The van der Waals surface area contributed by atoms with E-state index in [1.54, 1.807) is 24.3 Å². The number of rotatable bonds is 5. The van der Waals surface area contributed by atoms with Gasteiger partial charge < -0.3 is 26.0 Å². The molecule has 0 unspecified atom stereocenters. The lowest BCUT2D eigenvalue weighted by Crippen LogP contribution is -2.29. The van der Waals surface area contributed by atoms with Gasteiger partial charge in [-0.2, -0.15) is 0 Å². The zero-order valence-electron chi connectivity index (χ0n) is 15.1. The van der Waals surface area contributed by atoms with Gasteiger partial charge in [0.2, 0.25) is 0 Å². The minimum atomic E-state index is -0.787. The Bertz CT molecular complexity index is 1090. The predicted octanol–water partition coefficient (Wildman–Crippen LogP) is 2.40. The number of anilines is 2. The van der Waals surface area contributed by atoms with E-state index in [0.29, 0.717) is 11.4 Å². The van der Waals surface area contributed by atoms with Crippen LogP contribution in [0.25, 0.3) is 0 Å². The van der Waals surface area contributed by atoms with Crippen LogP contribution in [0.3, 0.4) is 0 Å². The summed E-state index contributed by atoms with van der Waals surface area (Å²) in [6.45, 7) is 0. The normalized spacial score (nSPS) is 10.4. The Kier molecular flexibility index (Phi) is 5.51. The van der Waals surface area contributed by atoms with Crippen LogP contribution in [0.4, 0.5) is 11.4 Å². The van der Waals surface area contributed by atoms with E-state index in [4.69, 9.17) is 17.3 Å². The molecule has 3 aromatic rings. The Morgan fingerprint density at radius 1 is 1.17 bits per heavy atom. The average molecular weight is 414 g/mol. The number of hydrogen-bond donors (Lipinski definition) is 4. The Morgan fingerprint density at radius 2 is 1.86 bits per heavy atom. The quantitative estimate of drug-likeness (QED) is 0.508. The highest BCUT2D eigenvalue weighted by molar-refractivity contribution is 6.34. The molecule has 3 rings (SSSR count). The number of amides is 3. The van der Waals surface area contributed by atoms with E-state index in [-0.39, 0.29) is 27.7 Å². The van der Waals surface area contributed by atoms with Gasteiger partial charge in [-0.15, -0.1) is 0 Å². The maximum atomic E-state index is 12.6. The van der Waals surface area contributed by atoms with Crippen LogP contribution in [0, 0.1) is 0 Å². The Hall–Kier alpha value is -3.85. The van der Waals surface area contributed by atoms with E-state index in [2.05, 4.69) is 15.3 Å². The molecule has 0 spiro atoms. The number of aromatic amines is 1. The fraction of sp³-hybridized carbons (Fsp3) is 0.0526. The van der Waals surface area contributed by atoms with Crippen molar-refractivity contribution in [2.24, 2.45) is 5.73 Å². The van der Waals surface area contributed by atoms with Crippen molar-refractivity contribution < 1.29 is 19.5 Å². The average Bonchev–Trinajstić information content (AvgIpc) is 3.17. The molecule has 0 aliphatic rings. The van der Waals surface area contributed by atoms with Gasteiger partial charge in [-0.25, -0.2) is 4.98 Å². The van der Waals surface area contributed by atoms with Crippen molar-refractivity contribution in [3.63, 3.8) is 0 Å². The molecule has 1 heterocycles. The summed E-state index contributed by atoms with van der Waals surface area (Å²) in [6.07, 6.45) is 1.22. The van der Waals surface area contributed by atoms with E-state index < -0.39 is 17.7 Å². The molecule has 0 atom stereocenters. The van der Waals surface area contributed by atoms with E-state index in [1.807, 2.05) is 0 Å². The van der Waals surface area contributed by atoms with E-state index in [0.717, 1.165) is 0 Å². The fourth-order valence-corrected chi connectivity index (χ4v) is 2.84. The molecule has 0 bridgehead atoms. The van der Waals surface area contributed by atoms with E-state index in [9.17, 15) is 19.5 Å². The number of phenols is 1. The standard InChI is InChI=1S/C19H16ClN5O4/c1-25(19(29)16-15(17(21)27)22-9-23-16)11-4-2-10(3-5-11)24-18(28)13-7-6-12(26)8-14(13)20/h2-9,26H,1H3,(H2,21,27)(H,22,23)(H,24,28). The molecule has 0 saturated carbocycles. The van der Waals surface area contributed by atoms with Crippen LogP contribution in [0.5, 0.6) is 5.75 Å². The molecule has 9 nitrogen and oxygen atoms in total. The zero-order chi connectivity index (χ0) is 21.1. The number of phenolic OH excluding ortho intramolecular Hbond substituents is 1. The van der Waals surface area contributed by atoms with E-state index in [1.165, 1.54) is 36.5 Å². The first kappa shape index (κ1) is 19.9. The first-order valence-electron chi connectivity index (χ1n) is 8.29. The predicted molar refractivity (Wildman–Crippen MR) is 107 cm³/mol. The van der Waals surface area contributed by atoms with Crippen LogP contribution < -0.4 is 16.0 Å². The van der Waals surface area contributed by atoms with Gasteiger partial charge in [-0.05, 0) is 42.5 Å². The van der Waals surface area contributed by atoms with Gasteiger partial charge >= 0.3 is 0 Å². The molecule has 0 fully saturated rings. The van der Waals surface area contributed by atoms with Gasteiger partial charge in [-0.1, -0.05) is 11.6 Å². The lowest BCUT2D eigenvalue weighted by Gasteiger charge is -2.17. The SMILES string of the molecule is CN(C(=O)c1nc[nH]c1C(N)=O)c1ccc(NC(=O)c2ccc(O)cc2Cl)cc1. The lowest BCUT2D eigenvalue weighted by molar-refractivity contribution is 0.0958. The van der Waals surface area contributed by atoms with Crippen molar-refractivity contribution in [2.45, 2.75) is 0 Å². The molecule has 29 heavy (non-hydrogen) atoms. The lowest BCUT2D eigenvalue weighted by atomic mass is 10.2. The number of nitrogens with two attached hydrogens (primary N) is 1. The van der Waals surface area contributed by atoms with Gasteiger partial charge in [-0.3, -0.25) is 14.4 Å². The first-order valence-corrected chi connectivity index (χ1v) is 8.67. The number of hydrogen-bond acceptors (Lipinski definition) is 5. The summed E-state index contributed by atoms with van der Waals surface area (Å²) in [7, 11) is 1.52. The molecular weight excluding hydrogens is 398 g/mol. The third-order valence-electron chi connectivity index (χ3n) is 4.10. The first-order chi connectivity index (χ1) is 13.8. The summed E-state index contributed by atoms with van der Waals surface area (Å²) >= 11 is 5.97. The van der Waals surface area contributed by atoms with Crippen molar-refractivity contribution in [2.75, 3.05) is 17.3 Å². The number of nitrogens with one attached hydrogen (secondary N) is 2. The van der Waals surface area contributed by atoms with Crippen LogP contribution >= 0.6 is 11.6 Å². The summed E-state index contributed by atoms with van der Waals surface area (Å²) in [5.41, 5.74) is 6.26. The number of benzene rings is 2.